The predicted octanol–water partition coefficient (Wildman–Crippen LogP) is 2.24. The van der Waals surface area contributed by atoms with E-state index in [0.29, 0.717) is 19.8 Å². The van der Waals surface area contributed by atoms with E-state index >= 15 is 0 Å². The quantitative estimate of drug-likeness (QED) is 0.594. The van der Waals surface area contributed by atoms with E-state index in [0.717, 1.165) is 11.3 Å². The number of benzene rings is 1. The van der Waals surface area contributed by atoms with Gasteiger partial charge in [-0.2, -0.15) is 0 Å². The van der Waals surface area contributed by atoms with Crippen molar-refractivity contribution in [1.82, 2.24) is 0 Å². The number of nitrogens with zero attached hydrogens (tertiary/aromatic N) is 1. The molecule has 0 saturated heterocycles. The first kappa shape index (κ1) is 11.7. The Labute approximate surface area is 90.4 Å². The monoisotopic (exact) mass is 207 g/mol. The van der Waals surface area contributed by atoms with Gasteiger partial charge in [-0.15, -0.1) is 0 Å². The van der Waals surface area contributed by atoms with E-state index in [4.69, 9.17) is 4.74 Å². The van der Waals surface area contributed by atoms with E-state index in [2.05, 4.69) is 4.99 Å². The first-order valence-corrected chi connectivity index (χ1v) is 5.13. The number of hydrogen-bond donors (Lipinski definition) is 1. The van der Waals surface area contributed by atoms with E-state index in [1.165, 1.54) is 0 Å². The lowest BCUT2D eigenvalue weighted by molar-refractivity contribution is 0.156. The second kappa shape index (κ2) is 6.19. The summed E-state index contributed by atoms with van der Waals surface area (Å²) in [5, 5.41) is 9.57. The van der Waals surface area contributed by atoms with Crippen molar-refractivity contribution in [1.29, 1.82) is 0 Å². The molecule has 0 amide bonds. The van der Waals surface area contributed by atoms with Crippen LogP contribution in [0.3, 0.4) is 0 Å². The highest BCUT2D eigenvalue weighted by atomic mass is 16.5. The summed E-state index contributed by atoms with van der Waals surface area (Å²) in [6.45, 7) is 5.82. The fourth-order valence-corrected chi connectivity index (χ4v) is 1.29. The van der Waals surface area contributed by atoms with E-state index in [9.17, 15) is 5.11 Å². The Balaban J connectivity index is 2.60. The summed E-state index contributed by atoms with van der Waals surface area (Å²) in [5.74, 6) is 0.273. The Morgan fingerprint density at radius 1 is 1.40 bits per heavy atom. The van der Waals surface area contributed by atoms with Crippen LogP contribution in [0.4, 0.5) is 0 Å². The molecule has 0 bridgehead atoms. The predicted molar refractivity (Wildman–Crippen MR) is 61.7 cm³/mol. The highest BCUT2D eigenvalue weighted by molar-refractivity contribution is 6.00. The molecule has 0 atom stereocenters. The van der Waals surface area contributed by atoms with Crippen molar-refractivity contribution in [2.75, 3.05) is 19.8 Å². The van der Waals surface area contributed by atoms with Gasteiger partial charge in [0.15, 0.2) is 0 Å². The number of aromatic hydroxyl groups is 1. The normalized spacial score (nSPS) is 11.7. The molecule has 0 aliphatic carbocycles. The SMILES string of the molecule is CCOCC/N=C(\C)c1ccccc1O. The maximum atomic E-state index is 9.57. The third kappa shape index (κ3) is 3.72. The lowest BCUT2D eigenvalue weighted by atomic mass is 10.1. The van der Waals surface area contributed by atoms with Gasteiger partial charge in [0.2, 0.25) is 0 Å². The van der Waals surface area contributed by atoms with Crippen LogP contribution in [-0.2, 0) is 4.74 Å². The zero-order valence-corrected chi connectivity index (χ0v) is 9.23. The number of phenolic OH excluding ortho intramolecular Hbond substituents is 1. The summed E-state index contributed by atoms with van der Waals surface area (Å²) in [6.07, 6.45) is 0. The van der Waals surface area contributed by atoms with Crippen molar-refractivity contribution in [3.8, 4) is 5.75 Å². The van der Waals surface area contributed by atoms with Gasteiger partial charge in [-0.05, 0) is 26.0 Å². The fraction of sp³-hybridized carbons (Fsp3) is 0.417. The van der Waals surface area contributed by atoms with Crippen molar-refractivity contribution < 1.29 is 9.84 Å². The van der Waals surface area contributed by atoms with Gasteiger partial charge >= 0.3 is 0 Å². The van der Waals surface area contributed by atoms with Crippen LogP contribution < -0.4 is 0 Å². The van der Waals surface area contributed by atoms with Crippen LogP contribution in [0.2, 0.25) is 0 Å². The lowest BCUT2D eigenvalue weighted by Crippen LogP contribution is -2.02. The van der Waals surface area contributed by atoms with Gasteiger partial charge in [-0.25, -0.2) is 0 Å². The maximum Gasteiger partial charge on any atom is 0.124 e. The van der Waals surface area contributed by atoms with Crippen LogP contribution >= 0.6 is 0 Å². The first-order valence-electron chi connectivity index (χ1n) is 5.13. The molecule has 0 radical (unpaired) electrons. The molecule has 0 saturated carbocycles. The Kier molecular flexibility index (Phi) is 4.84. The largest absolute Gasteiger partial charge is 0.507 e. The van der Waals surface area contributed by atoms with E-state index in [1.807, 2.05) is 26.0 Å². The molecule has 0 aromatic heterocycles. The van der Waals surface area contributed by atoms with Crippen LogP contribution in [0.5, 0.6) is 5.75 Å². The molecule has 1 N–H and O–H groups in total. The average molecular weight is 207 g/mol. The molecule has 1 aromatic rings. The minimum absolute atomic E-state index is 0.273. The van der Waals surface area contributed by atoms with Gasteiger partial charge in [-0.1, -0.05) is 12.1 Å². The zero-order chi connectivity index (χ0) is 11.1. The minimum atomic E-state index is 0.273. The molecular weight excluding hydrogens is 190 g/mol. The number of phenols is 1. The molecule has 0 aliphatic rings. The average Bonchev–Trinajstić information content (AvgIpc) is 2.25. The van der Waals surface area contributed by atoms with Gasteiger partial charge in [-0.3, -0.25) is 4.99 Å². The number of aliphatic imine (C=N–C) groups is 1. The number of rotatable bonds is 5. The van der Waals surface area contributed by atoms with Crippen LogP contribution in [-0.4, -0.2) is 30.6 Å². The Morgan fingerprint density at radius 3 is 2.80 bits per heavy atom. The zero-order valence-electron chi connectivity index (χ0n) is 9.23. The first-order chi connectivity index (χ1) is 7.25. The molecule has 3 heteroatoms. The number of hydrogen-bond acceptors (Lipinski definition) is 3. The lowest BCUT2D eigenvalue weighted by Gasteiger charge is -2.03. The van der Waals surface area contributed by atoms with Gasteiger partial charge in [0, 0.05) is 17.9 Å². The molecule has 0 heterocycles. The topological polar surface area (TPSA) is 41.8 Å². The minimum Gasteiger partial charge on any atom is -0.507 e. The van der Waals surface area contributed by atoms with Crippen molar-refractivity contribution in [2.24, 2.45) is 4.99 Å². The third-order valence-corrected chi connectivity index (χ3v) is 2.08. The molecule has 0 aliphatic heterocycles. The van der Waals surface area contributed by atoms with Crippen LogP contribution in [0.1, 0.15) is 19.4 Å². The van der Waals surface area contributed by atoms with Crippen LogP contribution in [0.25, 0.3) is 0 Å². The molecule has 1 rings (SSSR count). The molecule has 82 valence electrons. The second-order valence-electron chi connectivity index (χ2n) is 3.18. The summed E-state index contributed by atoms with van der Waals surface area (Å²) in [5.41, 5.74) is 1.63. The Hall–Kier alpha value is -1.35. The van der Waals surface area contributed by atoms with Crippen molar-refractivity contribution in [3.63, 3.8) is 0 Å². The maximum absolute atomic E-state index is 9.57. The van der Waals surface area contributed by atoms with Gasteiger partial charge in [0.25, 0.3) is 0 Å². The van der Waals surface area contributed by atoms with Crippen LogP contribution in [0.15, 0.2) is 29.3 Å². The molecule has 15 heavy (non-hydrogen) atoms. The summed E-state index contributed by atoms with van der Waals surface area (Å²) in [4.78, 5) is 4.32. The van der Waals surface area contributed by atoms with E-state index in [-0.39, 0.29) is 5.75 Å². The molecule has 1 aromatic carbocycles. The molecule has 0 spiro atoms. The van der Waals surface area contributed by atoms with Gasteiger partial charge in [0.1, 0.15) is 5.75 Å². The fourth-order valence-electron chi connectivity index (χ4n) is 1.29. The van der Waals surface area contributed by atoms with Crippen molar-refractivity contribution in [2.45, 2.75) is 13.8 Å². The second-order valence-corrected chi connectivity index (χ2v) is 3.18. The molecular formula is C12H17NO2. The summed E-state index contributed by atoms with van der Waals surface area (Å²) in [6, 6.07) is 7.20. The van der Waals surface area contributed by atoms with E-state index < -0.39 is 0 Å². The molecule has 0 unspecified atom stereocenters. The standard InChI is InChI=1S/C12H17NO2/c1-3-15-9-8-13-10(2)11-6-4-5-7-12(11)14/h4-7,14H,3,8-9H2,1-2H3/b13-10+. The van der Waals surface area contributed by atoms with Crippen molar-refractivity contribution >= 4 is 5.71 Å². The van der Waals surface area contributed by atoms with Crippen molar-refractivity contribution in [3.05, 3.63) is 29.8 Å². The van der Waals surface area contributed by atoms with Gasteiger partial charge in [0.05, 0.1) is 13.2 Å². The third-order valence-electron chi connectivity index (χ3n) is 2.08. The Bertz CT molecular complexity index is 334. The Morgan fingerprint density at radius 2 is 2.13 bits per heavy atom. The number of ether oxygens (including phenoxy) is 1. The van der Waals surface area contributed by atoms with E-state index in [1.54, 1.807) is 12.1 Å². The summed E-state index contributed by atoms with van der Waals surface area (Å²) < 4.78 is 5.18. The smallest absolute Gasteiger partial charge is 0.124 e. The van der Waals surface area contributed by atoms with Crippen LogP contribution in [0, 0.1) is 0 Å². The highest BCUT2D eigenvalue weighted by Crippen LogP contribution is 2.16. The summed E-state index contributed by atoms with van der Waals surface area (Å²) >= 11 is 0. The summed E-state index contributed by atoms with van der Waals surface area (Å²) in [7, 11) is 0. The highest BCUT2D eigenvalue weighted by Gasteiger charge is 2.01. The van der Waals surface area contributed by atoms with Gasteiger partial charge < -0.3 is 9.84 Å². The number of para-hydroxylation sites is 1. The molecule has 3 nitrogen and oxygen atoms in total. The molecule has 0 fully saturated rings.